The molecular weight excluding hydrogens is 450 g/mol. The number of piperidine rings is 1. The molecule has 6 nitrogen and oxygen atoms in total. The molecule has 0 radical (unpaired) electrons. The maximum absolute atomic E-state index is 12.8. The van der Waals surface area contributed by atoms with E-state index in [-0.39, 0.29) is 11.9 Å². The van der Waals surface area contributed by atoms with Crippen molar-refractivity contribution < 1.29 is 13.9 Å². The number of amides is 1. The average molecular weight is 482 g/mol. The first-order valence-electron chi connectivity index (χ1n) is 12.5. The normalized spacial score (nSPS) is 14.5. The van der Waals surface area contributed by atoms with Crippen LogP contribution in [0.4, 0.5) is 0 Å². The summed E-state index contributed by atoms with van der Waals surface area (Å²) < 4.78 is 11.7. The summed E-state index contributed by atoms with van der Waals surface area (Å²) in [6.45, 7) is 5.15. The fraction of sp³-hybridized carbons (Fsp3) is 0.267. The van der Waals surface area contributed by atoms with E-state index in [0.29, 0.717) is 18.1 Å². The molecule has 1 fully saturated rings. The van der Waals surface area contributed by atoms with Crippen LogP contribution in [-0.2, 0) is 13.2 Å². The Morgan fingerprint density at radius 1 is 0.972 bits per heavy atom. The van der Waals surface area contributed by atoms with Crippen LogP contribution in [0.15, 0.2) is 89.3 Å². The zero-order valence-corrected chi connectivity index (χ0v) is 20.5. The largest absolute Gasteiger partial charge is 0.487 e. The second kappa shape index (κ2) is 11.2. The molecule has 2 heterocycles. The number of rotatable bonds is 8. The average Bonchev–Trinajstić information content (AvgIpc) is 3.30. The molecular formula is C30H31N3O3. The summed E-state index contributed by atoms with van der Waals surface area (Å²) >= 11 is 0. The van der Waals surface area contributed by atoms with Gasteiger partial charge in [0.25, 0.3) is 5.91 Å². The molecule has 1 N–H and O–H groups in total. The summed E-state index contributed by atoms with van der Waals surface area (Å²) in [5.74, 6) is 2.00. The zero-order valence-electron chi connectivity index (χ0n) is 20.5. The third-order valence-corrected chi connectivity index (χ3v) is 6.58. The van der Waals surface area contributed by atoms with E-state index >= 15 is 0 Å². The van der Waals surface area contributed by atoms with Crippen molar-refractivity contribution in [2.45, 2.75) is 39.0 Å². The van der Waals surface area contributed by atoms with Crippen molar-refractivity contribution in [3.05, 3.63) is 108 Å². The van der Waals surface area contributed by atoms with Crippen molar-refractivity contribution in [1.29, 1.82) is 0 Å². The lowest BCUT2D eigenvalue weighted by Crippen LogP contribution is -2.44. The highest BCUT2D eigenvalue weighted by atomic mass is 16.5. The minimum Gasteiger partial charge on any atom is -0.487 e. The van der Waals surface area contributed by atoms with Gasteiger partial charge in [0.15, 0.2) is 0 Å². The molecule has 6 heteroatoms. The van der Waals surface area contributed by atoms with Gasteiger partial charge in [-0.05, 0) is 61.7 Å². The predicted octanol–water partition coefficient (Wildman–Crippen LogP) is 5.62. The number of aromatic nitrogens is 1. The van der Waals surface area contributed by atoms with Gasteiger partial charge in [0.1, 0.15) is 23.8 Å². The SMILES string of the molecule is Cc1oc(-c2ccc(C(=O)NC3CCN(Cc4ccccc4)CC3)cc2)nc1COc1ccccc1. The minimum atomic E-state index is -0.0383. The standard InChI is InChI=1S/C30H31N3O3/c1-22-28(21-35-27-10-6-3-7-11-27)32-30(36-22)25-14-12-24(13-15-25)29(34)31-26-16-18-33(19-17-26)20-23-8-4-2-5-9-23/h2-15,26H,16-21H2,1H3,(H,31,34). The Kier molecular flexibility index (Phi) is 7.43. The molecule has 0 aliphatic carbocycles. The predicted molar refractivity (Wildman–Crippen MR) is 140 cm³/mol. The van der Waals surface area contributed by atoms with Crippen LogP contribution >= 0.6 is 0 Å². The van der Waals surface area contributed by atoms with E-state index in [1.807, 2.05) is 67.6 Å². The minimum absolute atomic E-state index is 0.0383. The highest BCUT2D eigenvalue weighted by Gasteiger charge is 2.21. The fourth-order valence-electron chi connectivity index (χ4n) is 4.46. The number of nitrogens with zero attached hydrogens (tertiary/aromatic N) is 2. The molecule has 1 amide bonds. The Morgan fingerprint density at radius 3 is 2.33 bits per heavy atom. The Hall–Kier alpha value is -3.90. The van der Waals surface area contributed by atoms with Gasteiger partial charge < -0.3 is 14.5 Å². The number of hydrogen-bond donors (Lipinski definition) is 1. The molecule has 0 saturated carbocycles. The maximum Gasteiger partial charge on any atom is 0.251 e. The van der Waals surface area contributed by atoms with E-state index in [2.05, 4.69) is 39.5 Å². The van der Waals surface area contributed by atoms with Crippen molar-refractivity contribution in [3.63, 3.8) is 0 Å². The second-order valence-electron chi connectivity index (χ2n) is 9.21. The third kappa shape index (κ3) is 6.01. The number of nitrogens with one attached hydrogen (secondary N) is 1. The Morgan fingerprint density at radius 2 is 1.64 bits per heavy atom. The number of aryl methyl sites for hydroxylation is 1. The molecule has 1 aromatic heterocycles. The number of para-hydroxylation sites is 1. The summed E-state index contributed by atoms with van der Waals surface area (Å²) in [7, 11) is 0. The van der Waals surface area contributed by atoms with Crippen LogP contribution in [0.1, 0.15) is 40.2 Å². The van der Waals surface area contributed by atoms with Crippen LogP contribution in [0.3, 0.4) is 0 Å². The highest BCUT2D eigenvalue weighted by molar-refractivity contribution is 5.94. The van der Waals surface area contributed by atoms with Crippen molar-refractivity contribution in [3.8, 4) is 17.2 Å². The van der Waals surface area contributed by atoms with Gasteiger partial charge in [-0.2, -0.15) is 0 Å². The van der Waals surface area contributed by atoms with Gasteiger partial charge in [0, 0.05) is 36.8 Å². The van der Waals surface area contributed by atoms with Crippen LogP contribution in [0.2, 0.25) is 0 Å². The van der Waals surface area contributed by atoms with Crippen molar-refractivity contribution in [1.82, 2.24) is 15.2 Å². The molecule has 5 rings (SSSR count). The number of hydrogen-bond acceptors (Lipinski definition) is 5. The molecule has 1 aliphatic heterocycles. The molecule has 0 unspecified atom stereocenters. The fourth-order valence-corrected chi connectivity index (χ4v) is 4.46. The van der Waals surface area contributed by atoms with Crippen molar-refractivity contribution in [2.24, 2.45) is 0 Å². The molecule has 4 aromatic rings. The van der Waals surface area contributed by atoms with Crippen LogP contribution in [0.5, 0.6) is 5.75 Å². The molecule has 3 aromatic carbocycles. The number of oxazole rings is 1. The van der Waals surface area contributed by atoms with E-state index in [4.69, 9.17) is 9.15 Å². The Labute approximate surface area is 211 Å². The number of ether oxygens (including phenoxy) is 1. The van der Waals surface area contributed by atoms with E-state index in [1.165, 1.54) is 5.56 Å². The molecule has 1 aliphatic rings. The molecule has 36 heavy (non-hydrogen) atoms. The lowest BCUT2D eigenvalue weighted by atomic mass is 10.0. The van der Waals surface area contributed by atoms with Crippen molar-refractivity contribution >= 4 is 5.91 Å². The van der Waals surface area contributed by atoms with Gasteiger partial charge in [0.2, 0.25) is 5.89 Å². The molecule has 0 bridgehead atoms. The lowest BCUT2D eigenvalue weighted by Gasteiger charge is -2.32. The Bertz CT molecular complexity index is 1260. The molecule has 0 spiro atoms. The van der Waals surface area contributed by atoms with Crippen LogP contribution in [-0.4, -0.2) is 34.9 Å². The molecule has 0 atom stereocenters. The summed E-state index contributed by atoms with van der Waals surface area (Å²) in [5.41, 5.74) is 3.56. The first-order valence-corrected chi connectivity index (χ1v) is 12.5. The number of benzene rings is 3. The van der Waals surface area contributed by atoms with Gasteiger partial charge in [-0.25, -0.2) is 4.98 Å². The number of carbonyl (C=O) groups is 1. The topological polar surface area (TPSA) is 67.6 Å². The zero-order chi connectivity index (χ0) is 24.7. The van der Waals surface area contributed by atoms with Crippen LogP contribution in [0.25, 0.3) is 11.5 Å². The summed E-state index contributed by atoms with van der Waals surface area (Å²) in [4.78, 5) is 19.9. The smallest absolute Gasteiger partial charge is 0.251 e. The van der Waals surface area contributed by atoms with E-state index in [1.54, 1.807) is 0 Å². The number of carbonyl (C=O) groups excluding carboxylic acids is 1. The maximum atomic E-state index is 12.8. The second-order valence-corrected chi connectivity index (χ2v) is 9.21. The summed E-state index contributed by atoms with van der Waals surface area (Å²) in [5, 5.41) is 3.20. The summed E-state index contributed by atoms with van der Waals surface area (Å²) in [6.07, 6.45) is 1.92. The van der Waals surface area contributed by atoms with Gasteiger partial charge in [-0.3, -0.25) is 9.69 Å². The van der Waals surface area contributed by atoms with Crippen molar-refractivity contribution in [2.75, 3.05) is 13.1 Å². The third-order valence-electron chi connectivity index (χ3n) is 6.58. The lowest BCUT2D eigenvalue weighted by molar-refractivity contribution is 0.0909. The molecule has 184 valence electrons. The van der Waals surface area contributed by atoms with Gasteiger partial charge in [-0.1, -0.05) is 48.5 Å². The van der Waals surface area contributed by atoms with E-state index < -0.39 is 0 Å². The van der Waals surface area contributed by atoms with Gasteiger partial charge in [0.05, 0.1) is 0 Å². The van der Waals surface area contributed by atoms with Crippen LogP contribution in [0, 0.1) is 6.92 Å². The monoisotopic (exact) mass is 481 g/mol. The van der Waals surface area contributed by atoms with E-state index in [0.717, 1.165) is 55.2 Å². The summed E-state index contributed by atoms with van der Waals surface area (Å²) in [6, 6.07) is 27.8. The number of likely N-dealkylation sites (tertiary alicyclic amines) is 1. The van der Waals surface area contributed by atoms with E-state index in [9.17, 15) is 4.79 Å². The van der Waals surface area contributed by atoms with Gasteiger partial charge in [-0.15, -0.1) is 0 Å². The van der Waals surface area contributed by atoms with Gasteiger partial charge >= 0.3 is 0 Å². The quantitative estimate of drug-likeness (QED) is 0.354. The first-order chi connectivity index (χ1) is 17.6. The molecule has 1 saturated heterocycles. The Balaban J connectivity index is 1.13. The first kappa shape index (κ1) is 23.8. The highest BCUT2D eigenvalue weighted by Crippen LogP contribution is 2.24. The van der Waals surface area contributed by atoms with Crippen LogP contribution < -0.4 is 10.1 Å².